The van der Waals surface area contributed by atoms with Gasteiger partial charge in [-0.05, 0) is 12.3 Å². The van der Waals surface area contributed by atoms with Crippen LogP contribution in [0.15, 0.2) is 0 Å². The summed E-state index contributed by atoms with van der Waals surface area (Å²) >= 11 is 0. The number of hydrogen-bond donors (Lipinski definition) is 1. The minimum absolute atomic E-state index is 0.0965. The van der Waals surface area contributed by atoms with Gasteiger partial charge in [0.25, 0.3) is 0 Å². The highest BCUT2D eigenvalue weighted by molar-refractivity contribution is 4.98. The summed E-state index contributed by atoms with van der Waals surface area (Å²) in [5, 5.41) is 8.98. The molecule has 1 nitrogen and oxygen atoms in total. The number of hydrogen-bond acceptors (Lipinski definition) is 1. The summed E-state index contributed by atoms with van der Waals surface area (Å²) < 4.78 is 25.1. The van der Waals surface area contributed by atoms with Crippen molar-refractivity contribution < 1.29 is 13.9 Å². The van der Waals surface area contributed by atoms with Crippen LogP contribution in [0, 0.1) is 11.3 Å². The van der Waals surface area contributed by atoms with Crippen molar-refractivity contribution in [3.05, 3.63) is 0 Å². The Morgan fingerprint density at radius 2 is 1.83 bits per heavy atom. The lowest BCUT2D eigenvalue weighted by molar-refractivity contribution is -0.182. The maximum Gasteiger partial charge on any atom is 0.249 e. The largest absolute Gasteiger partial charge is 0.396 e. The monoisotopic (exact) mass is 178 g/mol. The van der Waals surface area contributed by atoms with Crippen molar-refractivity contribution in [2.75, 3.05) is 6.61 Å². The molecular formula is C9H16F2O. The Balaban J connectivity index is 2.47. The van der Waals surface area contributed by atoms with Crippen molar-refractivity contribution in [2.45, 2.75) is 39.0 Å². The van der Waals surface area contributed by atoms with Crippen molar-refractivity contribution in [3.63, 3.8) is 0 Å². The first-order valence-electron chi connectivity index (χ1n) is 4.38. The van der Waals surface area contributed by atoms with Gasteiger partial charge in [-0.1, -0.05) is 13.8 Å². The molecule has 0 unspecified atom stereocenters. The number of aliphatic hydroxyl groups excluding tert-OH is 1. The van der Waals surface area contributed by atoms with Crippen molar-refractivity contribution in [3.8, 4) is 0 Å². The highest BCUT2D eigenvalue weighted by atomic mass is 19.3. The minimum atomic E-state index is -2.52. The molecule has 1 N–H and O–H groups in total. The van der Waals surface area contributed by atoms with Crippen LogP contribution >= 0.6 is 0 Å². The Kier molecular flexibility index (Phi) is 2.43. The van der Waals surface area contributed by atoms with Crippen molar-refractivity contribution in [2.24, 2.45) is 11.3 Å². The van der Waals surface area contributed by atoms with E-state index in [1.54, 1.807) is 0 Å². The highest BCUT2D eigenvalue weighted by Gasteiger charge is 2.55. The third kappa shape index (κ3) is 1.94. The Hall–Kier alpha value is -0.180. The molecule has 0 aromatic heterocycles. The molecule has 1 saturated carbocycles. The lowest BCUT2D eigenvalue weighted by Gasteiger charge is -2.47. The van der Waals surface area contributed by atoms with Gasteiger partial charge in [-0.25, -0.2) is 8.78 Å². The zero-order chi connectivity index (χ0) is 9.41. The van der Waals surface area contributed by atoms with Crippen LogP contribution in [0.5, 0.6) is 0 Å². The average molecular weight is 178 g/mol. The summed E-state index contributed by atoms with van der Waals surface area (Å²) in [6.45, 7) is 3.89. The summed E-state index contributed by atoms with van der Waals surface area (Å²) in [7, 11) is 0. The third-order valence-electron chi connectivity index (χ3n) is 2.44. The van der Waals surface area contributed by atoms with E-state index in [4.69, 9.17) is 5.11 Å². The summed E-state index contributed by atoms with van der Waals surface area (Å²) in [5.74, 6) is -2.13. The number of rotatable bonds is 3. The van der Waals surface area contributed by atoms with E-state index in [0.717, 1.165) is 0 Å². The van der Waals surface area contributed by atoms with E-state index < -0.39 is 11.3 Å². The van der Waals surface area contributed by atoms with Crippen LogP contribution < -0.4 is 0 Å². The topological polar surface area (TPSA) is 20.2 Å². The van der Waals surface area contributed by atoms with Crippen LogP contribution in [0.3, 0.4) is 0 Å². The standard InChI is InChI=1S/C9H16F2O/c1-7(2)3-8(6-12)4-9(10,11)5-8/h7,12H,3-6H2,1-2H3. The van der Waals surface area contributed by atoms with E-state index in [1.807, 2.05) is 13.8 Å². The summed E-state index contributed by atoms with van der Waals surface area (Å²) in [6, 6.07) is 0. The maximum atomic E-state index is 12.6. The Morgan fingerprint density at radius 1 is 1.33 bits per heavy atom. The van der Waals surface area contributed by atoms with E-state index >= 15 is 0 Å². The van der Waals surface area contributed by atoms with Crippen molar-refractivity contribution >= 4 is 0 Å². The summed E-state index contributed by atoms with van der Waals surface area (Å²) in [4.78, 5) is 0. The van der Waals surface area contributed by atoms with Crippen LogP contribution in [-0.2, 0) is 0 Å². The number of halogens is 2. The quantitative estimate of drug-likeness (QED) is 0.703. The van der Waals surface area contributed by atoms with Gasteiger partial charge in [-0.2, -0.15) is 0 Å². The first-order valence-corrected chi connectivity index (χ1v) is 4.38. The first-order chi connectivity index (χ1) is 5.39. The molecule has 1 fully saturated rings. The van der Waals surface area contributed by atoms with E-state index in [-0.39, 0.29) is 19.4 Å². The van der Waals surface area contributed by atoms with Gasteiger partial charge in [0.2, 0.25) is 5.92 Å². The van der Waals surface area contributed by atoms with Gasteiger partial charge in [-0.3, -0.25) is 0 Å². The predicted octanol–water partition coefficient (Wildman–Crippen LogP) is 2.44. The van der Waals surface area contributed by atoms with E-state index in [2.05, 4.69) is 0 Å². The fourth-order valence-corrected chi connectivity index (χ4v) is 2.23. The molecule has 12 heavy (non-hydrogen) atoms. The molecule has 1 aliphatic carbocycles. The van der Waals surface area contributed by atoms with Gasteiger partial charge >= 0.3 is 0 Å². The number of aliphatic hydroxyl groups is 1. The van der Waals surface area contributed by atoms with Gasteiger partial charge in [0, 0.05) is 24.9 Å². The molecule has 0 aliphatic heterocycles. The average Bonchev–Trinajstić information content (AvgIpc) is 1.81. The fourth-order valence-electron chi connectivity index (χ4n) is 2.23. The Morgan fingerprint density at radius 3 is 2.08 bits per heavy atom. The molecule has 0 bridgehead atoms. The SMILES string of the molecule is CC(C)CC1(CO)CC(F)(F)C1. The van der Waals surface area contributed by atoms with Crippen LogP contribution in [0.4, 0.5) is 8.78 Å². The van der Waals surface area contributed by atoms with Gasteiger partial charge < -0.3 is 5.11 Å². The second-order valence-corrected chi connectivity index (χ2v) is 4.47. The molecule has 0 aromatic rings. The molecule has 72 valence electrons. The second-order valence-electron chi connectivity index (χ2n) is 4.47. The highest BCUT2D eigenvalue weighted by Crippen LogP contribution is 2.54. The summed E-state index contributed by atoms with van der Waals surface area (Å²) in [5.41, 5.74) is -0.475. The van der Waals surface area contributed by atoms with Gasteiger partial charge in [0.05, 0.1) is 0 Å². The smallest absolute Gasteiger partial charge is 0.249 e. The van der Waals surface area contributed by atoms with Gasteiger partial charge in [-0.15, -0.1) is 0 Å². The van der Waals surface area contributed by atoms with Crippen molar-refractivity contribution in [1.29, 1.82) is 0 Å². The van der Waals surface area contributed by atoms with E-state index in [9.17, 15) is 8.78 Å². The lowest BCUT2D eigenvalue weighted by Crippen LogP contribution is -2.49. The molecular weight excluding hydrogens is 162 g/mol. The van der Waals surface area contributed by atoms with E-state index in [1.165, 1.54) is 0 Å². The Bertz CT molecular complexity index is 152. The molecule has 0 amide bonds. The minimum Gasteiger partial charge on any atom is -0.396 e. The fraction of sp³-hybridized carbons (Fsp3) is 1.00. The maximum absolute atomic E-state index is 12.6. The molecule has 1 rings (SSSR count). The molecule has 3 heteroatoms. The molecule has 0 heterocycles. The summed E-state index contributed by atoms with van der Waals surface area (Å²) in [6.07, 6.45) is 0.447. The third-order valence-corrected chi connectivity index (χ3v) is 2.44. The predicted molar refractivity (Wildman–Crippen MR) is 43.2 cm³/mol. The molecule has 0 saturated heterocycles. The lowest BCUT2D eigenvalue weighted by atomic mass is 9.63. The molecule has 0 atom stereocenters. The van der Waals surface area contributed by atoms with Gasteiger partial charge in [0.1, 0.15) is 0 Å². The zero-order valence-electron chi connectivity index (χ0n) is 7.61. The number of alkyl halides is 2. The molecule has 0 spiro atoms. The zero-order valence-corrected chi connectivity index (χ0v) is 7.61. The second kappa shape index (κ2) is 2.95. The Labute approximate surface area is 71.8 Å². The van der Waals surface area contributed by atoms with Crippen molar-refractivity contribution in [1.82, 2.24) is 0 Å². The van der Waals surface area contributed by atoms with Crippen LogP contribution in [0.2, 0.25) is 0 Å². The van der Waals surface area contributed by atoms with Crippen LogP contribution in [0.1, 0.15) is 33.1 Å². The van der Waals surface area contributed by atoms with E-state index in [0.29, 0.717) is 12.3 Å². The van der Waals surface area contributed by atoms with Gasteiger partial charge in [0.15, 0.2) is 0 Å². The molecule has 0 aromatic carbocycles. The normalized spacial score (nSPS) is 25.5. The first kappa shape index (κ1) is 9.90. The van der Waals surface area contributed by atoms with Crippen LogP contribution in [-0.4, -0.2) is 17.6 Å². The molecule has 0 radical (unpaired) electrons. The van der Waals surface area contributed by atoms with Crippen LogP contribution in [0.25, 0.3) is 0 Å². The molecule has 1 aliphatic rings.